The van der Waals surface area contributed by atoms with Gasteiger partial charge in [0.1, 0.15) is 11.2 Å². The molecule has 0 unspecified atom stereocenters. The van der Waals surface area contributed by atoms with E-state index in [4.69, 9.17) is 19.4 Å². The first-order chi connectivity index (χ1) is 27.5. The zero-order valence-corrected chi connectivity index (χ0v) is 30.8. The summed E-state index contributed by atoms with van der Waals surface area (Å²) in [4.78, 5) is 15.8. The van der Waals surface area contributed by atoms with Gasteiger partial charge in [-0.05, 0) is 84.6 Å². The van der Waals surface area contributed by atoms with Gasteiger partial charge in [0.05, 0.1) is 0 Å². The molecule has 0 fully saturated rings. The highest BCUT2D eigenvalue weighted by atomic mass is 16.3. The Morgan fingerprint density at radius 2 is 1.02 bits per heavy atom. The van der Waals surface area contributed by atoms with Crippen LogP contribution >= 0.6 is 0 Å². The zero-order chi connectivity index (χ0) is 37.1. The standard InChI is InChI=1S/C52H33N3O/c1-52(2)41-24-7-6-17-36(41)47-38(22-11-25-42(47)52)50-53-49(31-13-4-3-5-14-31)54-51(55-50)39-23-12-26-44-48(39)40-29-32(27-28-43(40)56-44)33-18-10-20-35-34-19-8-15-30-16-9-21-37(45(30)34)46(33)35/h3-29H,1-2H3. The summed E-state index contributed by atoms with van der Waals surface area (Å²) in [5.74, 6) is 1.89. The lowest BCUT2D eigenvalue weighted by Gasteiger charge is -2.21. The number of aromatic nitrogens is 3. The highest BCUT2D eigenvalue weighted by molar-refractivity contribution is 6.19. The van der Waals surface area contributed by atoms with Crippen molar-refractivity contribution < 1.29 is 4.42 Å². The quantitative estimate of drug-likeness (QED) is 0.182. The summed E-state index contributed by atoms with van der Waals surface area (Å²) in [6.45, 7) is 4.61. The zero-order valence-electron chi connectivity index (χ0n) is 30.8. The van der Waals surface area contributed by atoms with Crippen LogP contribution in [0.15, 0.2) is 168 Å². The van der Waals surface area contributed by atoms with Crippen molar-refractivity contribution in [3.8, 4) is 78.7 Å². The molecule has 0 saturated carbocycles. The van der Waals surface area contributed by atoms with Gasteiger partial charge < -0.3 is 4.42 Å². The molecule has 0 saturated heterocycles. The second-order valence-corrected chi connectivity index (χ2v) is 15.5. The van der Waals surface area contributed by atoms with E-state index in [1.807, 2.05) is 30.3 Å². The SMILES string of the molecule is CC1(C)c2ccccc2-c2c(-c3nc(-c4ccccc4)nc(-c4cccc5oc6ccc(-c7cccc8c7-c7cccc9cccc-8c79)cc6c45)n3)cccc21. The van der Waals surface area contributed by atoms with E-state index in [0.29, 0.717) is 17.5 Å². The van der Waals surface area contributed by atoms with Crippen molar-refractivity contribution in [3.63, 3.8) is 0 Å². The first-order valence-electron chi connectivity index (χ1n) is 19.2. The molecule has 0 aliphatic heterocycles. The second-order valence-electron chi connectivity index (χ2n) is 15.5. The van der Waals surface area contributed by atoms with Gasteiger partial charge in [-0.25, -0.2) is 15.0 Å². The monoisotopic (exact) mass is 715 g/mol. The van der Waals surface area contributed by atoms with Gasteiger partial charge in [-0.1, -0.05) is 159 Å². The van der Waals surface area contributed by atoms with Crippen LogP contribution in [0, 0.1) is 0 Å². The molecule has 56 heavy (non-hydrogen) atoms. The average Bonchev–Trinajstić information content (AvgIpc) is 3.87. The van der Waals surface area contributed by atoms with Gasteiger partial charge in [-0.15, -0.1) is 0 Å². The topological polar surface area (TPSA) is 51.8 Å². The fourth-order valence-corrected chi connectivity index (χ4v) is 9.54. The summed E-state index contributed by atoms with van der Waals surface area (Å²) in [6.07, 6.45) is 0. The van der Waals surface area contributed by atoms with E-state index in [-0.39, 0.29) is 5.41 Å². The Labute approximate surface area is 323 Å². The van der Waals surface area contributed by atoms with E-state index in [1.54, 1.807) is 0 Å². The van der Waals surface area contributed by atoms with Crippen LogP contribution in [0.4, 0.5) is 0 Å². The lowest BCUT2D eigenvalue weighted by Crippen LogP contribution is -2.14. The predicted octanol–water partition coefficient (Wildman–Crippen LogP) is 13.5. The number of benzene rings is 8. The lowest BCUT2D eigenvalue weighted by molar-refractivity contribution is 0.660. The summed E-state index contributed by atoms with van der Waals surface area (Å²) >= 11 is 0. The Hall–Kier alpha value is -7.17. The van der Waals surface area contributed by atoms with E-state index in [0.717, 1.165) is 44.2 Å². The molecule has 12 rings (SSSR count). The predicted molar refractivity (Wildman–Crippen MR) is 228 cm³/mol. The van der Waals surface area contributed by atoms with E-state index < -0.39 is 0 Å². The lowest BCUT2D eigenvalue weighted by atomic mass is 9.82. The maximum atomic E-state index is 6.58. The third kappa shape index (κ3) is 4.32. The molecule has 2 aliphatic rings. The molecule has 0 N–H and O–H groups in total. The summed E-state index contributed by atoms with van der Waals surface area (Å²) in [7, 11) is 0. The van der Waals surface area contributed by atoms with Crippen molar-refractivity contribution in [2.45, 2.75) is 19.3 Å². The van der Waals surface area contributed by atoms with Crippen molar-refractivity contribution in [2.24, 2.45) is 0 Å². The van der Waals surface area contributed by atoms with Crippen molar-refractivity contribution >= 4 is 32.7 Å². The normalized spacial score (nSPS) is 13.3. The number of nitrogens with zero attached hydrogens (tertiary/aromatic N) is 3. The first-order valence-corrected chi connectivity index (χ1v) is 19.2. The molecule has 0 radical (unpaired) electrons. The maximum absolute atomic E-state index is 6.58. The Morgan fingerprint density at radius 1 is 0.393 bits per heavy atom. The minimum absolute atomic E-state index is 0.146. The summed E-state index contributed by atoms with van der Waals surface area (Å²) in [5, 5.41) is 4.61. The Balaban J connectivity index is 1.08. The van der Waals surface area contributed by atoms with Crippen molar-refractivity contribution in [2.75, 3.05) is 0 Å². The molecule has 2 aliphatic carbocycles. The molecular formula is C52H33N3O. The van der Waals surface area contributed by atoms with Crippen LogP contribution in [0.3, 0.4) is 0 Å². The molecule has 2 heterocycles. The highest BCUT2D eigenvalue weighted by Gasteiger charge is 2.37. The van der Waals surface area contributed by atoms with Crippen molar-refractivity contribution in [3.05, 3.63) is 175 Å². The molecule has 4 nitrogen and oxygen atoms in total. The number of hydrogen-bond donors (Lipinski definition) is 0. The molecule has 10 aromatic rings. The fraction of sp³-hybridized carbons (Fsp3) is 0.0577. The average molecular weight is 716 g/mol. The second kappa shape index (κ2) is 11.4. The minimum Gasteiger partial charge on any atom is -0.456 e. The van der Waals surface area contributed by atoms with Crippen LogP contribution < -0.4 is 0 Å². The van der Waals surface area contributed by atoms with Gasteiger partial charge >= 0.3 is 0 Å². The van der Waals surface area contributed by atoms with Gasteiger partial charge in [0, 0.05) is 32.9 Å². The van der Waals surface area contributed by atoms with Crippen LogP contribution in [0.2, 0.25) is 0 Å². The molecule has 262 valence electrons. The van der Waals surface area contributed by atoms with Crippen LogP contribution in [0.1, 0.15) is 25.0 Å². The van der Waals surface area contributed by atoms with E-state index in [2.05, 4.69) is 147 Å². The minimum atomic E-state index is -0.146. The number of rotatable bonds is 4. The maximum Gasteiger partial charge on any atom is 0.164 e. The first kappa shape index (κ1) is 31.2. The molecule has 2 aromatic heterocycles. The number of fused-ring (bicyclic) bond motifs is 9. The van der Waals surface area contributed by atoms with Crippen LogP contribution in [-0.2, 0) is 5.41 Å². The number of hydrogen-bond acceptors (Lipinski definition) is 4. The van der Waals surface area contributed by atoms with Crippen LogP contribution in [-0.4, -0.2) is 15.0 Å². The summed E-state index contributed by atoms with van der Waals surface area (Å²) in [6, 6.07) is 58.2. The molecule has 0 spiro atoms. The van der Waals surface area contributed by atoms with Crippen LogP contribution in [0.5, 0.6) is 0 Å². The van der Waals surface area contributed by atoms with Crippen molar-refractivity contribution in [1.29, 1.82) is 0 Å². The Kier molecular flexibility index (Phi) is 6.37. The van der Waals surface area contributed by atoms with Gasteiger partial charge in [-0.3, -0.25) is 0 Å². The fourth-order valence-electron chi connectivity index (χ4n) is 9.54. The van der Waals surface area contributed by atoms with E-state index >= 15 is 0 Å². The third-order valence-electron chi connectivity index (χ3n) is 12.1. The largest absolute Gasteiger partial charge is 0.456 e. The van der Waals surface area contributed by atoms with E-state index in [1.165, 1.54) is 60.8 Å². The van der Waals surface area contributed by atoms with Crippen molar-refractivity contribution in [1.82, 2.24) is 15.0 Å². The Bertz CT molecular complexity index is 3280. The molecule has 4 heteroatoms. The van der Waals surface area contributed by atoms with Gasteiger partial charge in [0.25, 0.3) is 0 Å². The number of furan rings is 1. The van der Waals surface area contributed by atoms with E-state index in [9.17, 15) is 0 Å². The summed E-state index contributed by atoms with van der Waals surface area (Å²) in [5.41, 5.74) is 16.8. The molecule has 0 amide bonds. The smallest absolute Gasteiger partial charge is 0.164 e. The van der Waals surface area contributed by atoms with Gasteiger partial charge in [0.15, 0.2) is 17.5 Å². The summed E-state index contributed by atoms with van der Waals surface area (Å²) < 4.78 is 6.58. The third-order valence-corrected chi connectivity index (χ3v) is 12.1. The molecule has 0 bridgehead atoms. The van der Waals surface area contributed by atoms with Crippen LogP contribution in [0.25, 0.3) is 111 Å². The van der Waals surface area contributed by atoms with Gasteiger partial charge in [-0.2, -0.15) is 0 Å². The van der Waals surface area contributed by atoms with Gasteiger partial charge in [0.2, 0.25) is 0 Å². The Morgan fingerprint density at radius 3 is 1.89 bits per heavy atom. The molecule has 0 atom stereocenters. The molecular weight excluding hydrogens is 683 g/mol. The molecule has 8 aromatic carbocycles. The highest BCUT2D eigenvalue weighted by Crippen LogP contribution is 2.53.